The molecule has 0 spiro atoms. The molecule has 96 valence electrons. The molecule has 0 bridgehead atoms. The Morgan fingerprint density at radius 2 is 2.17 bits per heavy atom. The van der Waals surface area contributed by atoms with Crippen LogP contribution in [0.25, 0.3) is 0 Å². The van der Waals surface area contributed by atoms with Gasteiger partial charge in [0.15, 0.2) is 0 Å². The second-order valence-electron chi connectivity index (χ2n) is 5.41. The molecule has 1 aromatic carbocycles. The molecule has 2 aliphatic heterocycles. The van der Waals surface area contributed by atoms with E-state index in [4.69, 9.17) is 5.73 Å². The molecule has 1 amide bonds. The van der Waals surface area contributed by atoms with Crippen LogP contribution in [0, 0.1) is 13.8 Å². The molecule has 1 aromatic rings. The van der Waals surface area contributed by atoms with Crippen molar-refractivity contribution in [1.82, 2.24) is 4.90 Å². The summed E-state index contributed by atoms with van der Waals surface area (Å²) in [5.41, 5.74) is 10.4. The lowest BCUT2D eigenvalue weighted by Gasteiger charge is -2.22. The normalized spacial score (nSPS) is 27.4. The fourth-order valence-electron chi connectivity index (χ4n) is 2.98. The molecule has 2 unspecified atom stereocenters. The predicted molar refractivity (Wildman–Crippen MR) is 71.5 cm³/mol. The number of nitrogens with zero attached hydrogens (tertiary/aromatic N) is 1. The average molecular weight is 245 g/mol. The molecule has 0 aliphatic carbocycles. The van der Waals surface area contributed by atoms with Crippen molar-refractivity contribution in [3.63, 3.8) is 0 Å². The Morgan fingerprint density at radius 1 is 1.39 bits per heavy atom. The monoisotopic (exact) mass is 245 g/mol. The summed E-state index contributed by atoms with van der Waals surface area (Å²) in [5.74, 6) is 0.0906. The molecule has 4 nitrogen and oxygen atoms in total. The number of aryl methyl sites for hydroxylation is 1. The first-order valence-corrected chi connectivity index (χ1v) is 6.48. The Morgan fingerprint density at radius 3 is 2.83 bits per heavy atom. The van der Waals surface area contributed by atoms with Crippen LogP contribution in [0.4, 0.5) is 5.69 Å². The molecule has 0 aromatic heterocycles. The minimum atomic E-state index is -0.146. The third-order valence-corrected chi connectivity index (χ3v) is 4.18. The molecule has 0 radical (unpaired) electrons. The van der Waals surface area contributed by atoms with Crippen molar-refractivity contribution < 1.29 is 4.79 Å². The SMILES string of the molecule is Cc1ccc2c(c1C)NC(=O)C2N1CCC(N)C1. The molecule has 4 heteroatoms. The van der Waals surface area contributed by atoms with E-state index in [1.54, 1.807) is 0 Å². The van der Waals surface area contributed by atoms with Gasteiger partial charge in [0.1, 0.15) is 6.04 Å². The van der Waals surface area contributed by atoms with E-state index >= 15 is 0 Å². The maximum absolute atomic E-state index is 12.2. The van der Waals surface area contributed by atoms with Gasteiger partial charge in [0.25, 0.3) is 0 Å². The van der Waals surface area contributed by atoms with Crippen molar-refractivity contribution in [2.45, 2.75) is 32.4 Å². The largest absolute Gasteiger partial charge is 0.326 e. The zero-order chi connectivity index (χ0) is 12.9. The average Bonchev–Trinajstić information content (AvgIpc) is 2.87. The van der Waals surface area contributed by atoms with Crippen LogP contribution >= 0.6 is 0 Å². The van der Waals surface area contributed by atoms with Gasteiger partial charge in [0.2, 0.25) is 5.91 Å². The van der Waals surface area contributed by atoms with Gasteiger partial charge in [-0.15, -0.1) is 0 Å². The first-order valence-electron chi connectivity index (χ1n) is 6.48. The lowest BCUT2D eigenvalue weighted by atomic mass is 10.0. The van der Waals surface area contributed by atoms with Crippen molar-refractivity contribution in [3.05, 3.63) is 28.8 Å². The fraction of sp³-hybridized carbons (Fsp3) is 0.500. The number of nitrogens with one attached hydrogen (secondary N) is 1. The van der Waals surface area contributed by atoms with Crippen molar-refractivity contribution in [1.29, 1.82) is 0 Å². The Labute approximate surface area is 107 Å². The highest BCUT2D eigenvalue weighted by molar-refractivity contribution is 6.03. The minimum absolute atomic E-state index is 0.0906. The summed E-state index contributed by atoms with van der Waals surface area (Å²) in [5, 5.41) is 3.03. The van der Waals surface area contributed by atoms with E-state index in [1.807, 2.05) is 0 Å². The summed E-state index contributed by atoms with van der Waals surface area (Å²) in [7, 11) is 0. The fourth-order valence-corrected chi connectivity index (χ4v) is 2.98. The number of nitrogens with two attached hydrogens (primary N) is 1. The smallest absolute Gasteiger partial charge is 0.246 e. The third-order valence-electron chi connectivity index (χ3n) is 4.18. The van der Waals surface area contributed by atoms with Crippen LogP contribution in [0.3, 0.4) is 0 Å². The van der Waals surface area contributed by atoms with Crippen LogP contribution in [0.15, 0.2) is 12.1 Å². The van der Waals surface area contributed by atoms with Crippen LogP contribution < -0.4 is 11.1 Å². The van der Waals surface area contributed by atoms with E-state index in [0.717, 1.165) is 30.8 Å². The molecule has 2 atom stereocenters. The topological polar surface area (TPSA) is 58.4 Å². The third kappa shape index (κ3) is 1.64. The number of carbonyl (C=O) groups is 1. The lowest BCUT2D eigenvalue weighted by molar-refractivity contribution is -0.120. The second kappa shape index (κ2) is 4.07. The number of likely N-dealkylation sites (tertiary alicyclic amines) is 1. The molecule has 1 saturated heterocycles. The maximum Gasteiger partial charge on any atom is 0.246 e. The van der Waals surface area contributed by atoms with Crippen molar-refractivity contribution in [2.75, 3.05) is 18.4 Å². The molecule has 0 saturated carbocycles. The number of hydrogen-bond donors (Lipinski definition) is 2. The van der Waals surface area contributed by atoms with Gasteiger partial charge in [-0.2, -0.15) is 0 Å². The van der Waals surface area contributed by atoms with Crippen LogP contribution in [-0.4, -0.2) is 29.9 Å². The quantitative estimate of drug-likeness (QED) is 0.784. The summed E-state index contributed by atoms with van der Waals surface area (Å²) >= 11 is 0. The zero-order valence-electron chi connectivity index (χ0n) is 10.9. The number of fused-ring (bicyclic) bond motifs is 1. The number of carbonyl (C=O) groups excluding carboxylic acids is 1. The Bertz CT molecular complexity index is 512. The summed E-state index contributed by atoms with van der Waals surface area (Å²) in [6, 6.07) is 4.22. The van der Waals surface area contributed by atoms with E-state index in [2.05, 4.69) is 36.2 Å². The molecule has 1 fully saturated rings. The van der Waals surface area contributed by atoms with Gasteiger partial charge in [-0.3, -0.25) is 9.69 Å². The summed E-state index contributed by atoms with van der Waals surface area (Å²) in [4.78, 5) is 14.4. The minimum Gasteiger partial charge on any atom is -0.326 e. The molecule has 2 heterocycles. The van der Waals surface area contributed by atoms with E-state index in [-0.39, 0.29) is 18.0 Å². The highest BCUT2D eigenvalue weighted by atomic mass is 16.2. The standard InChI is InChI=1S/C14H19N3O/c1-8-3-4-11-12(9(8)2)16-14(18)13(11)17-6-5-10(15)7-17/h3-4,10,13H,5-7,15H2,1-2H3,(H,16,18). The Balaban J connectivity index is 2.00. The van der Waals surface area contributed by atoms with E-state index in [1.165, 1.54) is 11.1 Å². The summed E-state index contributed by atoms with van der Waals surface area (Å²) in [6.07, 6.45) is 0.976. The van der Waals surface area contributed by atoms with Gasteiger partial charge in [0.05, 0.1) is 0 Å². The van der Waals surface area contributed by atoms with Crippen molar-refractivity contribution >= 4 is 11.6 Å². The van der Waals surface area contributed by atoms with Crippen LogP contribution in [0.5, 0.6) is 0 Å². The van der Waals surface area contributed by atoms with Gasteiger partial charge in [-0.05, 0) is 31.4 Å². The molecular formula is C14H19N3O. The number of anilines is 1. The predicted octanol–water partition coefficient (Wildman–Crippen LogP) is 1.33. The first kappa shape index (κ1) is 11.7. The van der Waals surface area contributed by atoms with Crippen molar-refractivity contribution in [3.8, 4) is 0 Å². The Kier molecular flexibility index (Phi) is 2.64. The molecule has 3 rings (SSSR count). The van der Waals surface area contributed by atoms with Gasteiger partial charge in [-0.1, -0.05) is 12.1 Å². The van der Waals surface area contributed by atoms with Gasteiger partial charge >= 0.3 is 0 Å². The highest BCUT2D eigenvalue weighted by Gasteiger charge is 2.38. The first-order chi connectivity index (χ1) is 8.58. The van der Waals surface area contributed by atoms with Crippen LogP contribution in [0.1, 0.15) is 29.2 Å². The van der Waals surface area contributed by atoms with Crippen LogP contribution in [0.2, 0.25) is 0 Å². The molecular weight excluding hydrogens is 226 g/mol. The second-order valence-corrected chi connectivity index (χ2v) is 5.41. The van der Waals surface area contributed by atoms with E-state index < -0.39 is 0 Å². The zero-order valence-corrected chi connectivity index (χ0v) is 10.9. The number of benzene rings is 1. The van der Waals surface area contributed by atoms with Gasteiger partial charge in [-0.25, -0.2) is 0 Å². The molecule has 3 N–H and O–H groups in total. The summed E-state index contributed by atoms with van der Waals surface area (Å²) in [6.45, 7) is 5.85. The highest BCUT2D eigenvalue weighted by Crippen LogP contribution is 2.39. The van der Waals surface area contributed by atoms with E-state index in [9.17, 15) is 4.79 Å². The summed E-state index contributed by atoms with van der Waals surface area (Å²) < 4.78 is 0. The van der Waals surface area contributed by atoms with Crippen LogP contribution in [-0.2, 0) is 4.79 Å². The van der Waals surface area contributed by atoms with E-state index in [0.29, 0.717) is 0 Å². The number of hydrogen-bond acceptors (Lipinski definition) is 3. The van der Waals surface area contributed by atoms with Gasteiger partial charge in [0, 0.05) is 30.4 Å². The Hall–Kier alpha value is -1.39. The lowest BCUT2D eigenvalue weighted by Crippen LogP contribution is -2.33. The number of rotatable bonds is 1. The van der Waals surface area contributed by atoms with Crippen molar-refractivity contribution in [2.24, 2.45) is 5.73 Å². The molecule has 2 aliphatic rings. The maximum atomic E-state index is 12.2. The van der Waals surface area contributed by atoms with Gasteiger partial charge < -0.3 is 11.1 Å². The molecule has 18 heavy (non-hydrogen) atoms. The number of amides is 1.